The summed E-state index contributed by atoms with van der Waals surface area (Å²) in [6, 6.07) is 7.70. The molecule has 4 nitrogen and oxygen atoms in total. The minimum Gasteiger partial charge on any atom is -0.470 e. The average molecular weight is 430 g/mol. The molecule has 0 aliphatic rings. The molecular weight excluding hydrogens is 411 g/mol. The quantitative estimate of drug-likeness (QED) is 0.592. The van der Waals surface area contributed by atoms with Gasteiger partial charge in [-0.1, -0.05) is 0 Å². The number of pyridine rings is 1. The molecule has 1 aromatic carbocycles. The van der Waals surface area contributed by atoms with Crippen LogP contribution in [0.15, 0.2) is 30.5 Å². The first-order valence-electron chi connectivity index (χ1n) is 6.85. The summed E-state index contributed by atoms with van der Waals surface area (Å²) in [7, 11) is 0. The van der Waals surface area contributed by atoms with Gasteiger partial charge in [-0.15, -0.1) is 11.8 Å². The maximum Gasteiger partial charge on any atom is 0.272 e. The predicted octanol–water partition coefficient (Wildman–Crippen LogP) is 3.82. The van der Waals surface area contributed by atoms with E-state index in [1.54, 1.807) is 0 Å². The molecule has 0 bridgehead atoms. The second kappa shape index (κ2) is 7.04. The summed E-state index contributed by atoms with van der Waals surface area (Å²) in [5.74, 6) is 0.542. The van der Waals surface area contributed by atoms with Gasteiger partial charge in [0.05, 0.1) is 5.52 Å². The largest absolute Gasteiger partial charge is 0.470 e. The van der Waals surface area contributed by atoms with E-state index in [0.717, 1.165) is 14.5 Å². The zero-order chi connectivity index (χ0) is 16.3. The Morgan fingerprint density at radius 3 is 2.73 bits per heavy atom. The summed E-state index contributed by atoms with van der Waals surface area (Å²) >= 11 is 3.60. The van der Waals surface area contributed by atoms with Crippen LogP contribution in [0.2, 0.25) is 0 Å². The van der Waals surface area contributed by atoms with Gasteiger partial charge in [0.15, 0.2) is 0 Å². The molecule has 1 unspecified atom stereocenters. The van der Waals surface area contributed by atoms with Crippen molar-refractivity contribution >= 4 is 51.2 Å². The number of rotatable bonds is 4. The van der Waals surface area contributed by atoms with E-state index < -0.39 is 5.44 Å². The number of aromatic nitrogens is 1. The molecule has 22 heavy (non-hydrogen) atoms. The van der Waals surface area contributed by atoms with Gasteiger partial charge in [-0.25, -0.2) is 0 Å². The normalized spacial score (nSPS) is 13.0. The van der Waals surface area contributed by atoms with Crippen LogP contribution in [0.1, 0.15) is 20.8 Å². The van der Waals surface area contributed by atoms with Crippen molar-refractivity contribution in [3.8, 4) is 5.75 Å². The molecule has 1 amide bonds. The number of carbonyl (C=O) groups excluding carboxylic acids is 1. The van der Waals surface area contributed by atoms with Crippen LogP contribution in [0.25, 0.3) is 10.9 Å². The Morgan fingerprint density at radius 2 is 2.09 bits per heavy atom. The fourth-order valence-corrected chi connectivity index (χ4v) is 2.87. The fourth-order valence-electron chi connectivity index (χ4n) is 1.92. The number of nitrogens with zero attached hydrogens (tertiary/aromatic N) is 1. The number of amides is 1. The topological polar surface area (TPSA) is 51.2 Å². The van der Waals surface area contributed by atoms with E-state index in [0.29, 0.717) is 5.75 Å². The lowest BCUT2D eigenvalue weighted by molar-refractivity contribution is -0.125. The number of ether oxygens (including phenoxy) is 1. The number of benzene rings is 1. The summed E-state index contributed by atoms with van der Waals surface area (Å²) in [4.78, 5) is 16.6. The van der Waals surface area contributed by atoms with Crippen molar-refractivity contribution in [3.63, 3.8) is 0 Å². The smallest absolute Gasteiger partial charge is 0.272 e. The molecular formula is C16H19IN2O2S. The Bertz CT molecular complexity index is 685. The lowest BCUT2D eigenvalue weighted by atomic mass is 10.1. The Kier molecular flexibility index (Phi) is 5.55. The lowest BCUT2D eigenvalue weighted by Gasteiger charge is -2.24. The van der Waals surface area contributed by atoms with Gasteiger partial charge in [-0.2, -0.15) is 0 Å². The first kappa shape index (κ1) is 17.3. The van der Waals surface area contributed by atoms with Crippen LogP contribution in [0.5, 0.6) is 5.75 Å². The summed E-state index contributed by atoms with van der Waals surface area (Å²) in [5, 5.41) is 3.94. The Morgan fingerprint density at radius 1 is 1.36 bits per heavy atom. The second-order valence-electron chi connectivity index (χ2n) is 5.93. The molecule has 0 aliphatic heterocycles. The van der Waals surface area contributed by atoms with Crippen LogP contribution in [-0.2, 0) is 4.79 Å². The maximum atomic E-state index is 12.2. The Balaban J connectivity index is 2.18. The van der Waals surface area contributed by atoms with Crippen LogP contribution in [0.4, 0.5) is 0 Å². The highest BCUT2D eigenvalue weighted by Gasteiger charge is 2.23. The predicted molar refractivity (Wildman–Crippen MR) is 100 cm³/mol. The number of fused-ring (bicyclic) bond motifs is 1. The number of hydrogen-bond donors (Lipinski definition) is 1. The van der Waals surface area contributed by atoms with Gasteiger partial charge < -0.3 is 10.1 Å². The fraction of sp³-hybridized carbons (Fsp3) is 0.375. The number of carbonyl (C=O) groups is 1. The molecule has 6 heteroatoms. The molecule has 0 radical (unpaired) electrons. The number of nitrogens with one attached hydrogen (secondary N) is 1. The highest BCUT2D eigenvalue weighted by Crippen LogP contribution is 2.24. The summed E-state index contributed by atoms with van der Waals surface area (Å²) in [6.07, 6.45) is 3.68. The van der Waals surface area contributed by atoms with Crippen molar-refractivity contribution in [3.05, 3.63) is 34.0 Å². The molecule has 118 valence electrons. The molecule has 0 saturated carbocycles. The first-order chi connectivity index (χ1) is 10.3. The molecule has 0 saturated heterocycles. The minimum absolute atomic E-state index is 0.124. The average Bonchev–Trinajstić information content (AvgIpc) is 2.42. The van der Waals surface area contributed by atoms with E-state index >= 15 is 0 Å². The molecule has 1 atom stereocenters. The molecule has 0 fully saturated rings. The highest BCUT2D eigenvalue weighted by molar-refractivity contribution is 14.1. The van der Waals surface area contributed by atoms with E-state index in [1.165, 1.54) is 11.8 Å². The van der Waals surface area contributed by atoms with E-state index in [-0.39, 0.29) is 11.4 Å². The van der Waals surface area contributed by atoms with Crippen molar-refractivity contribution < 1.29 is 9.53 Å². The van der Waals surface area contributed by atoms with Gasteiger partial charge in [0, 0.05) is 20.7 Å². The van der Waals surface area contributed by atoms with Crippen molar-refractivity contribution in [1.82, 2.24) is 10.3 Å². The number of thioether (sulfide) groups is 1. The summed E-state index contributed by atoms with van der Waals surface area (Å²) in [6.45, 7) is 5.85. The molecule has 1 N–H and O–H groups in total. The highest BCUT2D eigenvalue weighted by atomic mass is 127. The zero-order valence-corrected chi connectivity index (χ0v) is 16.0. The van der Waals surface area contributed by atoms with E-state index in [4.69, 9.17) is 4.74 Å². The zero-order valence-electron chi connectivity index (χ0n) is 13.0. The number of hydrogen-bond acceptors (Lipinski definition) is 4. The molecule has 2 aromatic rings. The van der Waals surface area contributed by atoms with Crippen LogP contribution < -0.4 is 10.1 Å². The van der Waals surface area contributed by atoms with Crippen LogP contribution >= 0.6 is 34.4 Å². The van der Waals surface area contributed by atoms with Crippen molar-refractivity contribution in [2.75, 3.05) is 6.26 Å². The van der Waals surface area contributed by atoms with Gasteiger partial charge in [0.25, 0.3) is 5.91 Å². The SMILES string of the molecule is CSC(Oc1ccc2ncc(I)cc2c1)C(=O)NC(C)(C)C. The van der Waals surface area contributed by atoms with Crippen molar-refractivity contribution in [2.45, 2.75) is 31.7 Å². The van der Waals surface area contributed by atoms with Crippen molar-refractivity contribution in [2.24, 2.45) is 0 Å². The van der Waals surface area contributed by atoms with Crippen LogP contribution in [-0.4, -0.2) is 28.1 Å². The lowest BCUT2D eigenvalue weighted by Crippen LogP contribution is -2.46. The minimum atomic E-state index is -0.576. The van der Waals surface area contributed by atoms with Gasteiger partial charge in [-0.05, 0) is 73.9 Å². The van der Waals surface area contributed by atoms with Crippen LogP contribution in [0.3, 0.4) is 0 Å². The van der Waals surface area contributed by atoms with Gasteiger partial charge >= 0.3 is 0 Å². The van der Waals surface area contributed by atoms with Gasteiger partial charge in [0.2, 0.25) is 5.44 Å². The molecule has 1 heterocycles. The standard InChI is InChI=1S/C16H19IN2O2S/c1-16(2,3)19-14(20)15(22-4)21-12-5-6-13-10(8-12)7-11(17)9-18-13/h5-9,15H,1-4H3,(H,19,20). The first-order valence-corrected chi connectivity index (χ1v) is 9.22. The maximum absolute atomic E-state index is 12.2. The third kappa shape index (κ3) is 4.74. The Hall–Kier alpha value is -1.02. The third-order valence-electron chi connectivity index (χ3n) is 2.79. The molecule has 2 rings (SSSR count). The van der Waals surface area contributed by atoms with Crippen LogP contribution in [0, 0.1) is 3.57 Å². The van der Waals surface area contributed by atoms with Gasteiger partial charge in [-0.3, -0.25) is 9.78 Å². The van der Waals surface area contributed by atoms with E-state index in [9.17, 15) is 4.79 Å². The second-order valence-corrected chi connectivity index (χ2v) is 8.08. The van der Waals surface area contributed by atoms with E-state index in [1.807, 2.05) is 57.5 Å². The monoisotopic (exact) mass is 430 g/mol. The molecule has 0 aliphatic carbocycles. The Labute approximate surface area is 148 Å². The molecule has 1 aromatic heterocycles. The van der Waals surface area contributed by atoms with Gasteiger partial charge in [0.1, 0.15) is 5.75 Å². The summed E-state index contributed by atoms with van der Waals surface area (Å²) < 4.78 is 6.90. The molecule has 0 spiro atoms. The van der Waals surface area contributed by atoms with Crippen molar-refractivity contribution in [1.29, 1.82) is 0 Å². The van der Waals surface area contributed by atoms with E-state index in [2.05, 4.69) is 32.9 Å². The summed E-state index contributed by atoms with van der Waals surface area (Å²) in [5.41, 5.74) is 0.0534. The third-order valence-corrected chi connectivity index (χ3v) is 4.12. The number of halogens is 1.